The molecule has 5 nitrogen and oxygen atoms in total. The number of rotatable bonds is 4. The van der Waals surface area contributed by atoms with Crippen LogP contribution in [-0.4, -0.2) is 20.3 Å². The molecule has 28 heavy (non-hydrogen) atoms. The molecule has 0 bridgehead atoms. The van der Waals surface area contributed by atoms with E-state index in [0.29, 0.717) is 5.56 Å². The van der Waals surface area contributed by atoms with Crippen molar-refractivity contribution in [3.05, 3.63) is 95.8 Å². The van der Waals surface area contributed by atoms with Gasteiger partial charge in [0.15, 0.2) is 0 Å². The van der Waals surface area contributed by atoms with Gasteiger partial charge in [-0.2, -0.15) is 5.10 Å². The second-order valence-corrected chi connectivity index (χ2v) is 6.59. The van der Waals surface area contributed by atoms with Crippen molar-refractivity contribution in [1.29, 1.82) is 0 Å². The van der Waals surface area contributed by atoms with Crippen LogP contribution in [0, 0.1) is 19.7 Å². The molecular formula is C22H19FN4O. The Labute approximate surface area is 162 Å². The molecule has 0 saturated heterocycles. The Hall–Kier alpha value is -3.67. The van der Waals surface area contributed by atoms with Crippen molar-refractivity contribution in [2.24, 2.45) is 0 Å². The summed E-state index contributed by atoms with van der Waals surface area (Å²) in [5.41, 5.74) is 4.15. The fourth-order valence-electron chi connectivity index (χ4n) is 3.12. The first-order valence-corrected chi connectivity index (χ1v) is 8.89. The molecule has 0 unspecified atom stereocenters. The lowest BCUT2D eigenvalue weighted by molar-refractivity contribution is 0.102. The van der Waals surface area contributed by atoms with Crippen LogP contribution in [0.1, 0.15) is 21.7 Å². The van der Waals surface area contributed by atoms with Gasteiger partial charge >= 0.3 is 0 Å². The lowest BCUT2D eigenvalue weighted by Crippen LogP contribution is -2.13. The monoisotopic (exact) mass is 374 g/mol. The van der Waals surface area contributed by atoms with Gasteiger partial charge < -0.3 is 9.88 Å². The molecule has 0 aliphatic heterocycles. The van der Waals surface area contributed by atoms with Gasteiger partial charge in [-0.1, -0.05) is 0 Å². The fourth-order valence-corrected chi connectivity index (χ4v) is 3.12. The van der Waals surface area contributed by atoms with Crippen LogP contribution < -0.4 is 5.32 Å². The summed E-state index contributed by atoms with van der Waals surface area (Å²) < 4.78 is 17.8. The number of nitrogens with zero attached hydrogens (tertiary/aromatic N) is 3. The van der Waals surface area contributed by atoms with Crippen LogP contribution in [0.25, 0.3) is 11.4 Å². The van der Waals surface area contributed by atoms with E-state index in [9.17, 15) is 9.18 Å². The Morgan fingerprint density at radius 1 is 0.964 bits per heavy atom. The highest BCUT2D eigenvalue weighted by Crippen LogP contribution is 2.20. The Morgan fingerprint density at radius 2 is 1.64 bits per heavy atom. The predicted octanol–water partition coefficient (Wildman–Crippen LogP) is 4.67. The molecule has 1 N–H and O–H groups in total. The number of anilines is 1. The Bertz CT molecular complexity index is 1130. The number of aryl methyl sites for hydroxylation is 2. The minimum atomic E-state index is -0.483. The summed E-state index contributed by atoms with van der Waals surface area (Å²) >= 11 is 0. The van der Waals surface area contributed by atoms with E-state index in [1.54, 1.807) is 24.3 Å². The maximum absolute atomic E-state index is 14.2. The van der Waals surface area contributed by atoms with Gasteiger partial charge in [0, 0.05) is 29.3 Å². The molecule has 1 amide bonds. The molecule has 0 spiro atoms. The maximum atomic E-state index is 14.2. The lowest BCUT2D eigenvalue weighted by atomic mass is 10.2. The predicted molar refractivity (Wildman–Crippen MR) is 107 cm³/mol. The van der Waals surface area contributed by atoms with Crippen LogP contribution >= 0.6 is 0 Å². The van der Waals surface area contributed by atoms with E-state index in [1.807, 2.05) is 65.8 Å². The topological polar surface area (TPSA) is 51.9 Å². The van der Waals surface area contributed by atoms with E-state index in [1.165, 1.54) is 6.07 Å². The third kappa shape index (κ3) is 3.44. The zero-order chi connectivity index (χ0) is 19.7. The summed E-state index contributed by atoms with van der Waals surface area (Å²) in [5.74, 6) is -0.855. The molecule has 6 heteroatoms. The molecule has 0 aliphatic rings. The largest absolute Gasteiger partial charge is 0.324 e. The van der Waals surface area contributed by atoms with Gasteiger partial charge in [0.2, 0.25) is 0 Å². The fraction of sp³-hybridized carbons (Fsp3) is 0.0909. The summed E-state index contributed by atoms with van der Waals surface area (Å²) in [5, 5.41) is 7.09. The molecule has 4 rings (SSSR count). The molecule has 0 aliphatic carbocycles. The first-order chi connectivity index (χ1) is 13.5. The summed E-state index contributed by atoms with van der Waals surface area (Å²) in [6.45, 7) is 3.91. The van der Waals surface area contributed by atoms with E-state index < -0.39 is 5.82 Å². The second kappa shape index (κ2) is 7.15. The van der Waals surface area contributed by atoms with Crippen molar-refractivity contribution >= 4 is 11.6 Å². The number of carbonyl (C=O) groups excluding carboxylic acids is 1. The van der Waals surface area contributed by atoms with Gasteiger partial charge in [-0.25, -0.2) is 9.07 Å². The van der Waals surface area contributed by atoms with E-state index >= 15 is 0 Å². The third-order valence-electron chi connectivity index (χ3n) is 4.48. The smallest absolute Gasteiger partial charge is 0.255 e. The highest BCUT2D eigenvalue weighted by molar-refractivity contribution is 6.04. The highest BCUT2D eigenvalue weighted by atomic mass is 19.1. The Kier molecular flexibility index (Phi) is 4.53. The number of carbonyl (C=O) groups is 1. The molecule has 0 atom stereocenters. The number of hydrogen-bond donors (Lipinski definition) is 1. The summed E-state index contributed by atoms with van der Waals surface area (Å²) in [7, 11) is 0. The number of nitrogens with one attached hydrogen (secondary N) is 1. The van der Waals surface area contributed by atoms with Gasteiger partial charge in [-0.3, -0.25) is 4.79 Å². The van der Waals surface area contributed by atoms with Gasteiger partial charge in [-0.15, -0.1) is 0 Å². The second-order valence-electron chi connectivity index (χ2n) is 6.59. The number of halogens is 1. The van der Waals surface area contributed by atoms with E-state index in [4.69, 9.17) is 0 Å². The molecule has 2 heterocycles. The molecular weight excluding hydrogens is 355 g/mol. The van der Waals surface area contributed by atoms with Crippen molar-refractivity contribution in [2.75, 3.05) is 5.32 Å². The summed E-state index contributed by atoms with van der Waals surface area (Å²) in [4.78, 5) is 12.6. The van der Waals surface area contributed by atoms with Crippen LogP contribution in [0.5, 0.6) is 0 Å². The zero-order valence-corrected chi connectivity index (χ0v) is 15.6. The molecule has 140 valence electrons. The SMILES string of the molecule is Cc1cc(C)n(-c2ccc(C(=O)Nc3cc(-n4cccc4)ccc3F)cc2)n1. The van der Waals surface area contributed by atoms with Crippen molar-refractivity contribution in [3.8, 4) is 11.4 Å². The van der Waals surface area contributed by atoms with Crippen molar-refractivity contribution in [2.45, 2.75) is 13.8 Å². The zero-order valence-electron chi connectivity index (χ0n) is 15.6. The first-order valence-electron chi connectivity index (χ1n) is 8.89. The standard InChI is InChI=1S/C22H19FN4O/c1-15-13-16(2)27(25-15)18-7-5-17(6-8-18)22(28)24-21-14-19(9-10-20(21)23)26-11-3-4-12-26/h3-14H,1-2H3,(H,24,28). The van der Waals surface area contributed by atoms with E-state index in [0.717, 1.165) is 22.8 Å². The van der Waals surface area contributed by atoms with Crippen LogP contribution in [0.15, 0.2) is 73.1 Å². The van der Waals surface area contributed by atoms with Crippen molar-refractivity contribution in [1.82, 2.24) is 14.3 Å². The molecule has 4 aromatic rings. The Morgan fingerprint density at radius 3 is 2.29 bits per heavy atom. The van der Waals surface area contributed by atoms with Crippen LogP contribution in [0.4, 0.5) is 10.1 Å². The number of benzene rings is 2. The number of amides is 1. The average molecular weight is 374 g/mol. The van der Waals surface area contributed by atoms with Crippen molar-refractivity contribution < 1.29 is 9.18 Å². The molecule has 0 saturated carbocycles. The lowest BCUT2D eigenvalue weighted by Gasteiger charge is -2.10. The summed E-state index contributed by atoms with van der Waals surface area (Å²) in [6, 6.07) is 17.4. The van der Waals surface area contributed by atoms with Gasteiger partial charge in [-0.05, 0) is 74.5 Å². The van der Waals surface area contributed by atoms with Crippen LogP contribution in [-0.2, 0) is 0 Å². The molecule has 0 radical (unpaired) electrons. The maximum Gasteiger partial charge on any atom is 0.255 e. The van der Waals surface area contributed by atoms with E-state index in [-0.39, 0.29) is 11.6 Å². The van der Waals surface area contributed by atoms with Gasteiger partial charge in [0.25, 0.3) is 5.91 Å². The van der Waals surface area contributed by atoms with Crippen LogP contribution in [0.3, 0.4) is 0 Å². The highest BCUT2D eigenvalue weighted by Gasteiger charge is 2.12. The number of hydrogen-bond acceptors (Lipinski definition) is 2. The molecule has 2 aromatic heterocycles. The van der Waals surface area contributed by atoms with E-state index in [2.05, 4.69) is 10.4 Å². The minimum absolute atomic E-state index is 0.138. The number of aromatic nitrogens is 3. The first kappa shape index (κ1) is 17.7. The quantitative estimate of drug-likeness (QED) is 0.564. The minimum Gasteiger partial charge on any atom is -0.324 e. The molecule has 2 aromatic carbocycles. The summed E-state index contributed by atoms with van der Waals surface area (Å²) in [6.07, 6.45) is 3.72. The normalized spacial score (nSPS) is 10.8. The van der Waals surface area contributed by atoms with Crippen LogP contribution in [0.2, 0.25) is 0 Å². The molecule has 0 fully saturated rings. The third-order valence-corrected chi connectivity index (χ3v) is 4.48. The average Bonchev–Trinajstić information content (AvgIpc) is 3.33. The van der Waals surface area contributed by atoms with Gasteiger partial charge in [0.1, 0.15) is 5.82 Å². The Balaban J connectivity index is 1.56. The van der Waals surface area contributed by atoms with Crippen molar-refractivity contribution in [3.63, 3.8) is 0 Å². The van der Waals surface area contributed by atoms with Gasteiger partial charge in [0.05, 0.1) is 17.1 Å².